The Bertz CT molecular complexity index is 526. The Morgan fingerprint density at radius 3 is 2.55 bits per heavy atom. The number of benzene rings is 1. The number of anilines is 1. The van der Waals surface area contributed by atoms with Gasteiger partial charge in [-0.3, -0.25) is 14.9 Å². The highest BCUT2D eigenvalue weighted by Gasteiger charge is 2.29. The van der Waals surface area contributed by atoms with Crippen molar-refractivity contribution >= 4 is 17.3 Å². The lowest BCUT2D eigenvalue weighted by Crippen LogP contribution is -2.36. The fourth-order valence-electron chi connectivity index (χ4n) is 1.72. The molecule has 6 nitrogen and oxygen atoms in total. The summed E-state index contributed by atoms with van der Waals surface area (Å²) in [7, 11) is 0. The quantitative estimate of drug-likeness (QED) is 0.640. The normalized spacial score (nSPS) is 12.8. The maximum absolute atomic E-state index is 13.2. The van der Waals surface area contributed by atoms with E-state index in [-0.39, 0.29) is 17.8 Å². The van der Waals surface area contributed by atoms with Crippen LogP contribution in [0.1, 0.15) is 27.2 Å². The van der Waals surface area contributed by atoms with E-state index < -0.39 is 28.2 Å². The molecule has 0 radical (unpaired) electrons. The number of hydrogen-bond donors (Lipinski definition) is 2. The van der Waals surface area contributed by atoms with Crippen LogP contribution in [0.15, 0.2) is 18.2 Å². The number of nitro benzene ring substituents is 1. The summed E-state index contributed by atoms with van der Waals surface area (Å²) in [4.78, 5) is 21.2. The standard InChI is InChI=1S/C13H17FN2O4/c1-13(2,3)11(7-12(17)18)15-9-6-8(14)4-5-10(9)16(19)20/h4-6,11,15H,7H2,1-3H3,(H,17,18). The third-order valence-electron chi connectivity index (χ3n) is 2.91. The summed E-state index contributed by atoms with van der Waals surface area (Å²) < 4.78 is 13.2. The predicted molar refractivity (Wildman–Crippen MR) is 72.2 cm³/mol. The van der Waals surface area contributed by atoms with Gasteiger partial charge in [-0.2, -0.15) is 0 Å². The van der Waals surface area contributed by atoms with Gasteiger partial charge >= 0.3 is 5.97 Å². The minimum atomic E-state index is -1.03. The van der Waals surface area contributed by atoms with Gasteiger partial charge in [0.05, 0.1) is 11.3 Å². The van der Waals surface area contributed by atoms with Gasteiger partial charge in [0.1, 0.15) is 11.5 Å². The second-order valence-corrected chi connectivity index (χ2v) is 5.58. The third kappa shape index (κ3) is 4.18. The van der Waals surface area contributed by atoms with Crippen molar-refractivity contribution in [2.45, 2.75) is 33.2 Å². The smallest absolute Gasteiger partial charge is 0.305 e. The second-order valence-electron chi connectivity index (χ2n) is 5.58. The molecule has 1 unspecified atom stereocenters. The maximum atomic E-state index is 13.2. The first kappa shape index (κ1) is 15.9. The molecular weight excluding hydrogens is 267 g/mol. The van der Waals surface area contributed by atoms with Crippen LogP contribution in [0.4, 0.5) is 15.8 Å². The summed E-state index contributed by atoms with van der Waals surface area (Å²) in [5, 5.41) is 22.6. The first-order chi connectivity index (χ1) is 9.11. The summed E-state index contributed by atoms with van der Waals surface area (Å²) in [6.07, 6.45) is -0.225. The van der Waals surface area contributed by atoms with Crippen molar-refractivity contribution in [1.82, 2.24) is 0 Å². The fourth-order valence-corrected chi connectivity index (χ4v) is 1.72. The number of carboxylic acids is 1. The molecule has 1 rings (SSSR count). The van der Waals surface area contributed by atoms with E-state index in [1.54, 1.807) is 20.8 Å². The first-order valence-electron chi connectivity index (χ1n) is 6.03. The molecule has 1 aromatic carbocycles. The number of carbonyl (C=O) groups is 1. The van der Waals surface area contributed by atoms with Crippen LogP contribution in [-0.4, -0.2) is 22.0 Å². The minimum absolute atomic E-state index is 0.0174. The van der Waals surface area contributed by atoms with Gasteiger partial charge in [0, 0.05) is 18.2 Å². The van der Waals surface area contributed by atoms with E-state index in [0.717, 1.165) is 18.2 Å². The highest BCUT2D eigenvalue weighted by atomic mass is 19.1. The molecule has 0 aromatic heterocycles. The number of nitrogens with zero attached hydrogens (tertiary/aromatic N) is 1. The van der Waals surface area contributed by atoms with Crippen LogP contribution in [0.2, 0.25) is 0 Å². The van der Waals surface area contributed by atoms with Crippen molar-refractivity contribution in [1.29, 1.82) is 0 Å². The van der Waals surface area contributed by atoms with Gasteiger partial charge in [-0.1, -0.05) is 20.8 Å². The molecule has 1 aromatic rings. The molecule has 2 N–H and O–H groups in total. The van der Waals surface area contributed by atoms with Crippen molar-refractivity contribution < 1.29 is 19.2 Å². The topological polar surface area (TPSA) is 92.5 Å². The van der Waals surface area contributed by atoms with E-state index in [1.807, 2.05) is 0 Å². The van der Waals surface area contributed by atoms with Crippen LogP contribution >= 0.6 is 0 Å². The predicted octanol–water partition coefficient (Wildman–Crippen LogP) is 3.04. The van der Waals surface area contributed by atoms with Crippen molar-refractivity contribution in [3.8, 4) is 0 Å². The van der Waals surface area contributed by atoms with Crippen molar-refractivity contribution in [3.05, 3.63) is 34.1 Å². The number of nitro groups is 1. The van der Waals surface area contributed by atoms with E-state index >= 15 is 0 Å². The van der Waals surface area contributed by atoms with Crippen molar-refractivity contribution in [2.24, 2.45) is 5.41 Å². The number of hydrogen-bond acceptors (Lipinski definition) is 4. The zero-order chi connectivity index (χ0) is 15.5. The van der Waals surface area contributed by atoms with Gasteiger partial charge in [-0.05, 0) is 11.5 Å². The molecule has 0 saturated heterocycles. The highest BCUT2D eigenvalue weighted by Crippen LogP contribution is 2.31. The maximum Gasteiger partial charge on any atom is 0.305 e. The van der Waals surface area contributed by atoms with Crippen LogP contribution in [-0.2, 0) is 4.79 Å². The van der Waals surface area contributed by atoms with Crippen LogP contribution in [0.3, 0.4) is 0 Å². The fraction of sp³-hybridized carbons (Fsp3) is 0.462. The van der Waals surface area contributed by atoms with Gasteiger partial charge in [-0.15, -0.1) is 0 Å². The highest BCUT2D eigenvalue weighted by molar-refractivity contribution is 5.69. The second kappa shape index (κ2) is 5.85. The summed E-state index contributed by atoms with van der Waals surface area (Å²) in [5.74, 6) is -1.66. The molecule has 110 valence electrons. The molecular formula is C13H17FN2O4. The molecule has 0 aliphatic carbocycles. The van der Waals surface area contributed by atoms with Crippen LogP contribution in [0.25, 0.3) is 0 Å². The Morgan fingerprint density at radius 1 is 1.50 bits per heavy atom. The molecule has 20 heavy (non-hydrogen) atoms. The summed E-state index contributed by atoms with van der Waals surface area (Å²) in [6, 6.07) is 2.48. The van der Waals surface area contributed by atoms with Gasteiger partial charge in [0.25, 0.3) is 5.69 Å². The average Bonchev–Trinajstić information content (AvgIpc) is 2.25. The van der Waals surface area contributed by atoms with Crippen LogP contribution in [0, 0.1) is 21.3 Å². The van der Waals surface area contributed by atoms with E-state index in [2.05, 4.69) is 5.32 Å². The molecule has 0 amide bonds. The SMILES string of the molecule is CC(C)(C)C(CC(=O)O)Nc1cc(F)ccc1[N+](=O)[O-]. The first-order valence-corrected chi connectivity index (χ1v) is 6.03. The average molecular weight is 284 g/mol. The van der Waals surface area contributed by atoms with E-state index in [9.17, 15) is 19.3 Å². The van der Waals surface area contributed by atoms with E-state index in [1.165, 1.54) is 0 Å². The van der Waals surface area contributed by atoms with Crippen LogP contribution in [0.5, 0.6) is 0 Å². The Kier molecular flexibility index (Phi) is 4.65. The molecule has 0 saturated carbocycles. The van der Waals surface area contributed by atoms with E-state index in [4.69, 9.17) is 5.11 Å². The van der Waals surface area contributed by atoms with Crippen molar-refractivity contribution in [2.75, 3.05) is 5.32 Å². The Balaban J connectivity index is 3.13. The van der Waals surface area contributed by atoms with E-state index in [0.29, 0.717) is 0 Å². The molecule has 0 fully saturated rings. The molecule has 0 spiro atoms. The molecule has 0 aliphatic rings. The van der Waals surface area contributed by atoms with Gasteiger partial charge in [0.15, 0.2) is 0 Å². The molecule has 1 atom stereocenters. The number of carboxylic acid groups (broad SMARTS) is 1. The largest absolute Gasteiger partial charge is 0.481 e. The monoisotopic (exact) mass is 284 g/mol. The lowest BCUT2D eigenvalue weighted by Gasteiger charge is -2.31. The molecule has 0 aliphatic heterocycles. The molecule has 0 heterocycles. The summed E-state index contributed by atoms with van der Waals surface area (Å²) in [5.41, 5.74) is -0.763. The summed E-state index contributed by atoms with van der Waals surface area (Å²) in [6.45, 7) is 5.41. The number of nitrogens with one attached hydrogen (secondary N) is 1. The third-order valence-corrected chi connectivity index (χ3v) is 2.91. The Hall–Kier alpha value is -2.18. The lowest BCUT2D eigenvalue weighted by molar-refractivity contribution is -0.384. The zero-order valence-corrected chi connectivity index (χ0v) is 11.5. The van der Waals surface area contributed by atoms with Gasteiger partial charge in [0.2, 0.25) is 0 Å². The minimum Gasteiger partial charge on any atom is -0.481 e. The number of halogens is 1. The Morgan fingerprint density at radius 2 is 2.10 bits per heavy atom. The number of rotatable bonds is 5. The molecule has 7 heteroatoms. The number of aliphatic carboxylic acids is 1. The molecule has 0 bridgehead atoms. The van der Waals surface area contributed by atoms with Crippen molar-refractivity contribution in [3.63, 3.8) is 0 Å². The Labute approximate surface area is 115 Å². The van der Waals surface area contributed by atoms with Crippen LogP contribution < -0.4 is 5.32 Å². The zero-order valence-electron chi connectivity index (χ0n) is 11.5. The lowest BCUT2D eigenvalue weighted by atomic mass is 9.84. The van der Waals surface area contributed by atoms with Gasteiger partial charge in [-0.25, -0.2) is 4.39 Å². The summed E-state index contributed by atoms with van der Waals surface area (Å²) >= 11 is 0. The van der Waals surface area contributed by atoms with Gasteiger partial charge < -0.3 is 10.4 Å².